The van der Waals surface area contributed by atoms with Crippen LogP contribution in [0.4, 0.5) is 5.82 Å². The third-order valence-electron chi connectivity index (χ3n) is 5.24. The summed E-state index contributed by atoms with van der Waals surface area (Å²) in [4.78, 5) is 15.7. The van der Waals surface area contributed by atoms with E-state index < -0.39 is 0 Å². The minimum Gasteiger partial charge on any atom is -0.364 e. The van der Waals surface area contributed by atoms with Crippen LogP contribution in [0, 0.1) is 0 Å². The van der Waals surface area contributed by atoms with Gasteiger partial charge in [0, 0.05) is 25.3 Å². The van der Waals surface area contributed by atoms with Gasteiger partial charge in [-0.15, -0.1) is 11.3 Å². The van der Waals surface area contributed by atoms with Gasteiger partial charge in [-0.3, -0.25) is 0 Å². The molecule has 3 heterocycles. The van der Waals surface area contributed by atoms with E-state index in [1.807, 2.05) is 6.26 Å². The lowest BCUT2D eigenvalue weighted by Crippen LogP contribution is -2.24. The first-order valence-corrected chi connectivity index (χ1v) is 11.6. The first-order chi connectivity index (χ1) is 13.6. The number of thiophene rings is 1. The molecule has 0 bridgehead atoms. The van der Waals surface area contributed by atoms with Crippen LogP contribution in [-0.4, -0.2) is 48.3 Å². The average Bonchev–Trinajstić information content (AvgIpc) is 3.31. The number of ether oxygens (including phenoxy) is 2. The number of nitrogens with zero attached hydrogens (tertiary/aromatic N) is 3. The smallest absolute Gasteiger partial charge is 0.189 e. The zero-order chi connectivity index (χ0) is 19.8. The standard InChI is InChI=1S/C20H26N4O2S2/c1-10(2)15-12-8-6-7-11(12)14-16-17(28-19(14)22-15)18(24-20(23-16)27-5)21-9-13(25-3)26-4/h10,13H,6-9H2,1-5H3,(H,21,23,24). The fraction of sp³-hybridized carbons (Fsp3) is 0.550. The number of anilines is 1. The minimum absolute atomic E-state index is 0.327. The molecule has 1 aliphatic carbocycles. The van der Waals surface area contributed by atoms with Gasteiger partial charge in [-0.2, -0.15) is 0 Å². The van der Waals surface area contributed by atoms with Gasteiger partial charge < -0.3 is 14.8 Å². The van der Waals surface area contributed by atoms with Crippen molar-refractivity contribution in [1.29, 1.82) is 0 Å². The molecular formula is C20H26N4O2S2. The van der Waals surface area contributed by atoms with Crippen molar-refractivity contribution in [3.63, 3.8) is 0 Å². The van der Waals surface area contributed by atoms with Crippen LogP contribution in [0.5, 0.6) is 0 Å². The summed E-state index contributed by atoms with van der Waals surface area (Å²) in [5.41, 5.74) is 5.16. The van der Waals surface area contributed by atoms with E-state index in [2.05, 4.69) is 19.2 Å². The molecule has 0 saturated heterocycles. The molecule has 0 saturated carbocycles. The number of fused-ring (bicyclic) bond motifs is 5. The number of aryl methyl sites for hydroxylation is 1. The normalized spacial score (nSPS) is 14.0. The Morgan fingerprint density at radius 1 is 1.11 bits per heavy atom. The molecule has 28 heavy (non-hydrogen) atoms. The summed E-state index contributed by atoms with van der Waals surface area (Å²) in [6.07, 6.45) is 5.11. The molecule has 0 fully saturated rings. The van der Waals surface area contributed by atoms with Crippen molar-refractivity contribution in [1.82, 2.24) is 15.0 Å². The van der Waals surface area contributed by atoms with Gasteiger partial charge in [0.05, 0.1) is 16.8 Å². The second-order valence-corrected chi connectivity index (χ2v) is 9.04. The largest absolute Gasteiger partial charge is 0.364 e. The van der Waals surface area contributed by atoms with Gasteiger partial charge in [-0.25, -0.2) is 15.0 Å². The first-order valence-electron chi connectivity index (χ1n) is 9.56. The summed E-state index contributed by atoms with van der Waals surface area (Å²) in [6.45, 7) is 4.98. The average molecular weight is 419 g/mol. The van der Waals surface area contributed by atoms with Gasteiger partial charge in [0.15, 0.2) is 11.4 Å². The van der Waals surface area contributed by atoms with E-state index in [1.54, 1.807) is 37.3 Å². The number of methoxy groups -OCH3 is 2. The van der Waals surface area contributed by atoms with Crippen molar-refractivity contribution >= 4 is 49.3 Å². The number of hydrogen-bond donors (Lipinski definition) is 1. The fourth-order valence-corrected chi connectivity index (χ4v) is 5.39. The molecule has 1 aliphatic rings. The van der Waals surface area contributed by atoms with Crippen molar-refractivity contribution in [2.45, 2.75) is 50.5 Å². The highest BCUT2D eigenvalue weighted by Gasteiger charge is 2.26. The maximum Gasteiger partial charge on any atom is 0.189 e. The minimum atomic E-state index is -0.327. The molecule has 1 N–H and O–H groups in total. The number of rotatable bonds is 7. The van der Waals surface area contributed by atoms with Gasteiger partial charge in [0.2, 0.25) is 0 Å². The summed E-state index contributed by atoms with van der Waals surface area (Å²) >= 11 is 3.24. The molecule has 0 spiro atoms. The zero-order valence-corrected chi connectivity index (χ0v) is 18.6. The van der Waals surface area contributed by atoms with E-state index in [-0.39, 0.29) is 6.29 Å². The van der Waals surface area contributed by atoms with Gasteiger partial charge in [0.1, 0.15) is 10.6 Å². The lowest BCUT2D eigenvalue weighted by Gasteiger charge is -2.15. The summed E-state index contributed by atoms with van der Waals surface area (Å²) in [7, 11) is 3.28. The molecule has 8 heteroatoms. The van der Waals surface area contributed by atoms with Crippen LogP contribution in [0.25, 0.3) is 20.4 Å². The quantitative estimate of drug-likeness (QED) is 0.341. The summed E-state index contributed by atoms with van der Waals surface area (Å²) in [5.74, 6) is 1.25. The van der Waals surface area contributed by atoms with Crippen LogP contribution in [0.1, 0.15) is 43.0 Å². The zero-order valence-electron chi connectivity index (χ0n) is 17.0. The van der Waals surface area contributed by atoms with Crippen molar-refractivity contribution in [2.75, 3.05) is 32.3 Å². The van der Waals surface area contributed by atoms with E-state index in [0.29, 0.717) is 12.5 Å². The summed E-state index contributed by atoms with van der Waals surface area (Å²) in [5, 5.41) is 5.39. The van der Waals surface area contributed by atoms with Gasteiger partial charge in [-0.05, 0) is 42.6 Å². The van der Waals surface area contributed by atoms with Crippen LogP contribution in [0.15, 0.2) is 5.16 Å². The third-order valence-corrected chi connectivity index (χ3v) is 6.86. The number of hydrogen-bond acceptors (Lipinski definition) is 8. The Morgan fingerprint density at radius 2 is 1.86 bits per heavy atom. The molecule has 0 aliphatic heterocycles. The van der Waals surface area contributed by atoms with Crippen molar-refractivity contribution in [3.05, 3.63) is 16.8 Å². The number of aromatic nitrogens is 3. The van der Waals surface area contributed by atoms with E-state index in [9.17, 15) is 0 Å². The Morgan fingerprint density at radius 3 is 2.54 bits per heavy atom. The predicted molar refractivity (Wildman–Crippen MR) is 117 cm³/mol. The Balaban J connectivity index is 1.92. The van der Waals surface area contributed by atoms with E-state index >= 15 is 0 Å². The number of pyridine rings is 1. The van der Waals surface area contributed by atoms with E-state index in [0.717, 1.165) is 38.9 Å². The number of nitrogens with one attached hydrogen (secondary N) is 1. The molecule has 0 atom stereocenters. The first kappa shape index (κ1) is 19.8. The lowest BCUT2D eigenvalue weighted by atomic mass is 9.99. The van der Waals surface area contributed by atoms with Gasteiger partial charge in [0.25, 0.3) is 0 Å². The van der Waals surface area contributed by atoms with E-state index in [4.69, 9.17) is 24.4 Å². The van der Waals surface area contributed by atoms with Crippen LogP contribution in [0.2, 0.25) is 0 Å². The lowest BCUT2D eigenvalue weighted by molar-refractivity contribution is -0.0914. The molecule has 6 nitrogen and oxygen atoms in total. The maximum absolute atomic E-state index is 5.31. The third kappa shape index (κ3) is 3.36. The Bertz CT molecular complexity index is 1010. The summed E-state index contributed by atoms with van der Waals surface area (Å²) < 4.78 is 11.7. The van der Waals surface area contributed by atoms with E-state index in [1.165, 1.54) is 28.6 Å². The molecule has 0 aromatic carbocycles. The summed E-state index contributed by atoms with van der Waals surface area (Å²) in [6, 6.07) is 0. The highest BCUT2D eigenvalue weighted by molar-refractivity contribution is 7.98. The van der Waals surface area contributed by atoms with Gasteiger partial charge >= 0.3 is 0 Å². The molecule has 150 valence electrons. The fourth-order valence-electron chi connectivity index (χ4n) is 3.91. The second kappa shape index (κ2) is 8.10. The van der Waals surface area contributed by atoms with Crippen LogP contribution >= 0.6 is 23.1 Å². The van der Waals surface area contributed by atoms with Crippen LogP contribution < -0.4 is 5.32 Å². The van der Waals surface area contributed by atoms with Crippen molar-refractivity contribution in [2.24, 2.45) is 0 Å². The highest BCUT2D eigenvalue weighted by Crippen LogP contribution is 2.43. The van der Waals surface area contributed by atoms with Crippen LogP contribution in [0.3, 0.4) is 0 Å². The Labute approximate surface area is 173 Å². The molecule has 3 aromatic rings. The molecule has 0 amide bonds. The van der Waals surface area contributed by atoms with Gasteiger partial charge in [-0.1, -0.05) is 25.6 Å². The van der Waals surface area contributed by atoms with Crippen LogP contribution in [-0.2, 0) is 22.3 Å². The maximum atomic E-state index is 5.31. The molecule has 0 radical (unpaired) electrons. The highest BCUT2D eigenvalue weighted by atomic mass is 32.2. The predicted octanol–water partition coefficient (Wildman–Crippen LogP) is 4.60. The topological polar surface area (TPSA) is 69.2 Å². The van der Waals surface area contributed by atoms with Crippen molar-refractivity contribution < 1.29 is 9.47 Å². The molecular weight excluding hydrogens is 392 g/mol. The monoisotopic (exact) mass is 418 g/mol. The molecule has 4 rings (SSSR count). The SMILES string of the molecule is COC(CNc1nc(SC)nc2c1sc1nc(C(C)C)c3c(c12)CCC3)OC. The second-order valence-electron chi connectivity index (χ2n) is 7.26. The molecule has 0 unspecified atom stereocenters. The van der Waals surface area contributed by atoms with Crippen molar-refractivity contribution in [3.8, 4) is 0 Å². The molecule has 3 aromatic heterocycles. The Hall–Kier alpha value is -1.48. The number of thioether (sulfide) groups is 1. The Kier molecular flexibility index (Phi) is 5.73.